The fourth-order valence-corrected chi connectivity index (χ4v) is 1.90. The van der Waals surface area contributed by atoms with Crippen molar-refractivity contribution >= 4 is 5.97 Å². The van der Waals surface area contributed by atoms with Gasteiger partial charge in [-0.2, -0.15) is 0 Å². The average Bonchev–Trinajstić information content (AvgIpc) is 2.71. The molecule has 0 radical (unpaired) electrons. The van der Waals surface area contributed by atoms with Crippen LogP contribution < -0.4 is 0 Å². The van der Waals surface area contributed by atoms with Gasteiger partial charge in [0.15, 0.2) is 5.69 Å². The van der Waals surface area contributed by atoms with E-state index in [1.165, 1.54) is 19.0 Å². The van der Waals surface area contributed by atoms with E-state index in [0.29, 0.717) is 5.92 Å². The number of carbonyl (C=O) groups is 1. The summed E-state index contributed by atoms with van der Waals surface area (Å²) in [5, 5.41) is 8.75. The van der Waals surface area contributed by atoms with E-state index >= 15 is 0 Å². The van der Waals surface area contributed by atoms with Crippen molar-refractivity contribution in [3.63, 3.8) is 0 Å². The highest BCUT2D eigenvalue weighted by Gasteiger charge is 2.19. The monoisotopic (exact) mass is 192 g/mol. The summed E-state index contributed by atoms with van der Waals surface area (Å²) < 4.78 is 0. The van der Waals surface area contributed by atoms with Crippen molar-refractivity contribution in [1.29, 1.82) is 0 Å². The predicted molar refractivity (Wildman–Crippen MR) is 50.2 cm³/mol. The maximum Gasteiger partial charge on any atom is 0.356 e. The van der Waals surface area contributed by atoms with Crippen LogP contribution in [0.2, 0.25) is 0 Å². The molecule has 0 spiro atoms. The number of hydrogen-bond donors (Lipinski definition) is 1. The molecule has 0 saturated heterocycles. The van der Waals surface area contributed by atoms with Crippen LogP contribution in [-0.2, 0) is 0 Å². The van der Waals surface area contributed by atoms with Gasteiger partial charge in [0.1, 0.15) is 0 Å². The molecule has 0 amide bonds. The van der Waals surface area contributed by atoms with Gasteiger partial charge in [0.2, 0.25) is 0 Å². The van der Waals surface area contributed by atoms with Gasteiger partial charge in [-0.25, -0.2) is 9.78 Å². The number of hydrogen-bond acceptors (Lipinski definition) is 3. The Morgan fingerprint density at radius 1 is 1.36 bits per heavy atom. The molecule has 0 aliphatic heterocycles. The second kappa shape index (κ2) is 3.74. The van der Waals surface area contributed by atoms with Gasteiger partial charge in [-0.3, -0.25) is 4.98 Å². The predicted octanol–water partition coefficient (Wildman–Crippen LogP) is 1.83. The Balaban J connectivity index is 2.25. The minimum absolute atomic E-state index is 0.0504. The number of aromatic nitrogens is 2. The number of nitrogens with zero attached hydrogens (tertiary/aromatic N) is 2. The van der Waals surface area contributed by atoms with Gasteiger partial charge >= 0.3 is 5.97 Å². The molecule has 4 heteroatoms. The molecule has 1 aliphatic rings. The fourth-order valence-electron chi connectivity index (χ4n) is 1.90. The van der Waals surface area contributed by atoms with Crippen LogP contribution in [0, 0.1) is 0 Å². The molecule has 2 rings (SSSR count). The van der Waals surface area contributed by atoms with Gasteiger partial charge in [-0.1, -0.05) is 12.8 Å². The van der Waals surface area contributed by atoms with Crippen LogP contribution in [0.5, 0.6) is 0 Å². The van der Waals surface area contributed by atoms with Gasteiger partial charge in [0, 0.05) is 12.1 Å². The molecule has 1 heterocycles. The SMILES string of the molecule is O=C(O)c1cncc(C2CCCC2)n1. The highest BCUT2D eigenvalue weighted by molar-refractivity contribution is 5.84. The molecule has 14 heavy (non-hydrogen) atoms. The summed E-state index contributed by atoms with van der Waals surface area (Å²) >= 11 is 0. The molecule has 0 atom stereocenters. The number of carboxylic acids is 1. The molecule has 0 unspecified atom stereocenters. The Kier molecular flexibility index (Phi) is 2.43. The largest absolute Gasteiger partial charge is 0.476 e. The minimum Gasteiger partial charge on any atom is -0.476 e. The first kappa shape index (κ1) is 9.12. The highest BCUT2D eigenvalue weighted by atomic mass is 16.4. The normalized spacial score (nSPS) is 17.1. The molecule has 4 nitrogen and oxygen atoms in total. The van der Waals surface area contributed by atoms with Gasteiger partial charge < -0.3 is 5.11 Å². The minimum atomic E-state index is -1.00. The molecule has 1 aromatic heterocycles. The maximum atomic E-state index is 10.7. The Labute approximate surface area is 82.0 Å². The van der Waals surface area contributed by atoms with Crippen LogP contribution >= 0.6 is 0 Å². The zero-order valence-electron chi connectivity index (χ0n) is 7.81. The maximum absolute atomic E-state index is 10.7. The molecule has 1 saturated carbocycles. The van der Waals surface area contributed by atoms with E-state index in [2.05, 4.69) is 9.97 Å². The van der Waals surface area contributed by atoms with E-state index in [4.69, 9.17) is 5.11 Å². The Morgan fingerprint density at radius 3 is 2.71 bits per heavy atom. The number of aromatic carboxylic acids is 1. The summed E-state index contributed by atoms with van der Waals surface area (Å²) in [4.78, 5) is 18.7. The lowest BCUT2D eigenvalue weighted by Gasteiger charge is -2.07. The summed E-state index contributed by atoms with van der Waals surface area (Å²) in [7, 11) is 0. The van der Waals surface area contributed by atoms with E-state index < -0.39 is 5.97 Å². The third-order valence-corrected chi connectivity index (χ3v) is 2.65. The first-order valence-electron chi connectivity index (χ1n) is 4.82. The summed E-state index contributed by atoms with van der Waals surface area (Å²) in [5.41, 5.74) is 0.886. The highest BCUT2D eigenvalue weighted by Crippen LogP contribution is 2.32. The van der Waals surface area contributed by atoms with Crippen molar-refractivity contribution in [3.8, 4) is 0 Å². The quantitative estimate of drug-likeness (QED) is 0.776. The van der Waals surface area contributed by atoms with Crippen LogP contribution in [-0.4, -0.2) is 21.0 Å². The van der Waals surface area contributed by atoms with Crippen LogP contribution in [0.3, 0.4) is 0 Å². The topological polar surface area (TPSA) is 63.1 Å². The standard InChI is InChI=1S/C10H12N2O2/c13-10(14)9-6-11-5-8(12-9)7-3-1-2-4-7/h5-7H,1-4H2,(H,13,14). The van der Waals surface area contributed by atoms with Crippen molar-refractivity contribution in [1.82, 2.24) is 9.97 Å². The van der Waals surface area contributed by atoms with E-state index in [9.17, 15) is 4.79 Å². The molecular weight excluding hydrogens is 180 g/mol. The van der Waals surface area contributed by atoms with Crippen LogP contribution in [0.25, 0.3) is 0 Å². The third-order valence-electron chi connectivity index (χ3n) is 2.65. The fraction of sp³-hybridized carbons (Fsp3) is 0.500. The number of rotatable bonds is 2. The molecule has 0 bridgehead atoms. The van der Waals surface area contributed by atoms with E-state index in [-0.39, 0.29) is 5.69 Å². The zero-order valence-corrected chi connectivity index (χ0v) is 7.81. The first-order chi connectivity index (χ1) is 6.77. The van der Waals surface area contributed by atoms with E-state index in [1.54, 1.807) is 6.20 Å². The Bertz CT molecular complexity index is 346. The van der Waals surface area contributed by atoms with Gasteiger partial charge in [-0.05, 0) is 12.8 Å². The van der Waals surface area contributed by atoms with Crippen molar-refractivity contribution in [2.75, 3.05) is 0 Å². The van der Waals surface area contributed by atoms with Crippen molar-refractivity contribution < 1.29 is 9.90 Å². The average molecular weight is 192 g/mol. The van der Waals surface area contributed by atoms with Gasteiger partial charge in [-0.15, -0.1) is 0 Å². The smallest absolute Gasteiger partial charge is 0.356 e. The van der Waals surface area contributed by atoms with E-state index in [1.807, 2.05) is 0 Å². The lowest BCUT2D eigenvalue weighted by Crippen LogP contribution is -2.06. The Hall–Kier alpha value is -1.45. The first-order valence-corrected chi connectivity index (χ1v) is 4.82. The zero-order chi connectivity index (χ0) is 9.97. The Morgan fingerprint density at radius 2 is 2.07 bits per heavy atom. The van der Waals surface area contributed by atoms with Crippen LogP contribution in [0.1, 0.15) is 47.8 Å². The molecule has 1 N–H and O–H groups in total. The van der Waals surface area contributed by atoms with Gasteiger partial charge in [0.05, 0.1) is 11.9 Å². The molecule has 1 aliphatic carbocycles. The van der Waals surface area contributed by atoms with Crippen molar-refractivity contribution in [3.05, 3.63) is 23.8 Å². The van der Waals surface area contributed by atoms with E-state index in [0.717, 1.165) is 18.5 Å². The molecule has 1 aromatic rings. The molecule has 0 aromatic carbocycles. The van der Waals surface area contributed by atoms with Gasteiger partial charge in [0.25, 0.3) is 0 Å². The molecule has 1 fully saturated rings. The van der Waals surface area contributed by atoms with Crippen molar-refractivity contribution in [2.24, 2.45) is 0 Å². The lowest BCUT2D eigenvalue weighted by molar-refractivity contribution is 0.0689. The summed E-state index contributed by atoms with van der Waals surface area (Å²) in [6.45, 7) is 0. The lowest BCUT2D eigenvalue weighted by atomic mass is 10.1. The third kappa shape index (κ3) is 1.73. The second-order valence-corrected chi connectivity index (χ2v) is 3.62. The van der Waals surface area contributed by atoms with Crippen LogP contribution in [0.4, 0.5) is 0 Å². The van der Waals surface area contributed by atoms with Crippen LogP contribution in [0.15, 0.2) is 12.4 Å². The van der Waals surface area contributed by atoms with Crippen molar-refractivity contribution in [2.45, 2.75) is 31.6 Å². The summed E-state index contributed by atoms with van der Waals surface area (Å²) in [6, 6.07) is 0. The molecular formula is C10H12N2O2. The summed E-state index contributed by atoms with van der Waals surface area (Å²) in [6.07, 6.45) is 7.62. The summed E-state index contributed by atoms with van der Waals surface area (Å²) in [5.74, 6) is -0.584. The molecule has 74 valence electrons. The number of carboxylic acid groups (broad SMARTS) is 1. The second-order valence-electron chi connectivity index (χ2n) is 3.62.